The number of ether oxygens (including phenoxy) is 1. The van der Waals surface area contributed by atoms with E-state index < -0.39 is 6.04 Å². The van der Waals surface area contributed by atoms with E-state index in [1.165, 1.54) is 0 Å². The fraction of sp³-hybridized carbons (Fsp3) is 0.550. The maximum atomic E-state index is 12.5. The third kappa shape index (κ3) is 6.31. The zero-order valence-electron chi connectivity index (χ0n) is 17.8. The van der Waals surface area contributed by atoms with E-state index in [9.17, 15) is 4.79 Å². The van der Waals surface area contributed by atoms with Gasteiger partial charge in [0.05, 0.1) is 19.7 Å². The number of methoxy groups -OCH3 is 1. The number of carbonyl (C=O) groups excluding carboxylic acids is 1. The largest absolute Gasteiger partial charge is 0.497 e. The summed E-state index contributed by atoms with van der Waals surface area (Å²) in [5.41, 5.74) is 6.75. The van der Waals surface area contributed by atoms with E-state index in [0.29, 0.717) is 31.3 Å². The van der Waals surface area contributed by atoms with E-state index in [0.717, 1.165) is 24.4 Å². The average molecular weight is 460 g/mol. The highest BCUT2D eigenvalue weighted by atomic mass is 35.5. The van der Waals surface area contributed by atoms with Gasteiger partial charge in [0.15, 0.2) is 0 Å². The lowest BCUT2D eigenvalue weighted by Gasteiger charge is -2.37. The monoisotopic (exact) mass is 459 g/mol. The van der Waals surface area contributed by atoms with Crippen molar-refractivity contribution in [2.45, 2.75) is 33.4 Å². The van der Waals surface area contributed by atoms with Crippen LogP contribution in [0.3, 0.4) is 0 Å². The van der Waals surface area contributed by atoms with Crippen LogP contribution in [0, 0.1) is 5.41 Å². The SMILES string of the molecule is COc1ccc(-c2noc(CN3CCN(C(=O)[C@@H](N)C(C)(C)C)CC3)n2)cc1.Cl.Cl. The van der Waals surface area contributed by atoms with Crippen LogP contribution in [0.5, 0.6) is 5.75 Å². The Morgan fingerprint density at radius 1 is 1.17 bits per heavy atom. The van der Waals surface area contributed by atoms with Crippen molar-refractivity contribution in [2.24, 2.45) is 11.1 Å². The lowest BCUT2D eigenvalue weighted by Crippen LogP contribution is -2.56. The second kappa shape index (κ2) is 10.9. The molecular formula is C20H31Cl2N5O3. The number of amides is 1. The molecule has 1 amide bonds. The number of hydrogen-bond donors (Lipinski definition) is 1. The second-order valence-corrected chi connectivity index (χ2v) is 8.19. The molecule has 1 fully saturated rings. The number of piperazine rings is 1. The van der Waals surface area contributed by atoms with Gasteiger partial charge in [-0.2, -0.15) is 4.98 Å². The zero-order valence-corrected chi connectivity index (χ0v) is 19.5. The van der Waals surface area contributed by atoms with E-state index in [-0.39, 0.29) is 36.1 Å². The van der Waals surface area contributed by atoms with Crippen molar-refractivity contribution in [3.63, 3.8) is 0 Å². The molecule has 0 unspecified atom stereocenters. The summed E-state index contributed by atoms with van der Waals surface area (Å²) >= 11 is 0. The molecule has 3 rings (SSSR count). The van der Waals surface area contributed by atoms with Crippen LogP contribution >= 0.6 is 24.8 Å². The minimum absolute atomic E-state index is 0. The van der Waals surface area contributed by atoms with E-state index >= 15 is 0 Å². The van der Waals surface area contributed by atoms with Gasteiger partial charge in [-0.15, -0.1) is 24.8 Å². The molecule has 0 spiro atoms. The highest BCUT2D eigenvalue weighted by Gasteiger charge is 2.32. The number of carbonyl (C=O) groups is 1. The number of nitrogens with zero attached hydrogens (tertiary/aromatic N) is 4. The van der Waals surface area contributed by atoms with Crippen molar-refractivity contribution >= 4 is 30.7 Å². The molecule has 2 heterocycles. The van der Waals surface area contributed by atoms with Gasteiger partial charge in [-0.1, -0.05) is 25.9 Å². The van der Waals surface area contributed by atoms with E-state index in [2.05, 4.69) is 15.0 Å². The van der Waals surface area contributed by atoms with Crippen LogP contribution in [0.15, 0.2) is 28.8 Å². The number of nitrogens with two attached hydrogens (primary N) is 1. The molecule has 0 bridgehead atoms. The summed E-state index contributed by atoms with van der Waals surface area (Å²) in [6.07, 6.45) is 0. The Balaban J connectivity index is 0.00000225. The molecule has 0 aliphatic carbocycles. The summed E-state index contributed by atoms with van der Waals surface area (Å²) in [6.45, 7) is 9.35. The fourth-order valence-corrected chi connectivity index (χ4v) is 3.06. The minimum atomic E-state index is -0.484. The lowest BCUT2D eigenvalue weighted by atomic mass is 9.86. The van der Waals surface area contributed by atoms with Crippen molar-refractivity contribution in [3.8, 4) is 17.1 Å². The van der Waals surface area contributed by atoms with Gasteiger partial charge >= 0.3 is 0 Å². The molecule has 10 heteroatoms. The Hall–Kier alpha value is -1.87. The van der Waals surface area contributed by atoms with Crippen LogP contribution in [-0.2, 0) is 11.3 Å². The van der Waals surface area contributed by atoms with E-state index in [4.69, 9.17) is 15.0 Å². The number of hydrogen-bond acceptors (Lipinski definition) is 7. The van der Waals surface area contributed by atoms with Gasteiger partial charge in [0, 0.05) is 31.7 Å². The number of rotatable bonds is 5. The predicted molar refractivity (Wildman–Crippen MR) is 120 cm³/mol. The van der Waals surface area contributed by atoms with Gasteiger partial charge in [-0.25, -0.2) is 0 Å². The van der Waals surface area contributed by atoms with Crippen LogP contribution < -0.4 is 10.5 Å². The molecule has 0 radical (unpaired) electrons. The topological polar surface area (TPSA) is 97.7 Å². The smallest absolute Gasteiger partial charge is 0.241 e. The van der Waals surface area contributed by atoms with Crippen molar-refractivity contribution in [3.05, 3.63) is 30.2 Å². The summed E-state index contributed by atoms with van der Waals surface area (Å²) < 4.78 is 10.6. The standard InChI is InChI=1S/C20H29N5O3.2ClH/c1-20(2,3)17(21)19(26)25-11-9-24(10-12-25)13-16-22-18(23-28-16)14-5-7-15(27-4)8-6-14;;/h5-8,17H,9-13,21H2,1-4H3;2*1H/t17-;;/m1../s1. The number of aromatic nitrogens is 2. The Bertz CT molecular complexity index is 800. The molecule has 1 aliphatic heterocycles. The van der Waals surface area contributed by atoms with Crippen molar-refractivity contribution in [2.75, 3.05) is 33.3 Å². The number of halogens is 2. The van der Waals surface area contributed by atoms with Gasteiger partial charge in [0.1, 0.15) is 5.75 Å². The van der Waals surface area contributed by atoms with E-state index in [1.807, 2.05) is 49.9 Å². The fourth-order valence-electron chi connectivity index (χ4n) is 3.06. The van der Waals surface area contributed by atoms with Crippen LogP contribution in [0.4, 0.5) is 0 Å². The van der Waals surface area contributed by atoms with E-state index in [1.54, 1.807) is 7.11 Å². The highest BCUT2D eigenvalue weighted by molar-refractivity contribution is 5.85. The molecule has 1 saturated heterocycles. The van der Waals surface area contributed by atoms with Gasteiger partial charge in [0.2, 0.25) is 17.6 Å². The van der Waals surface area contributed by atoms with Gasteiger partial charge in [0.25, 0.3) is 0 Å². The molecule has 1 aliphatic rings. The minimum Gasteiger partial charge on any atom is -0.497 e. The molecule has 30 heavy (non-hydrogen) atoms. The van der Waals surface area contributed by atoms with Gasteiger partial charge in [-0.05, 0) is 29.7 Å². The van der Waals surface area contributed by atoms with Crippen molar-refractivity contribution in [1.82, 2.24) is 19.9 Å². The molecule has 8 nitrogen and oxygen atoms in total. The molecule has 1 atom stereocenters. The van der Waals surface area contributed by atoms with Gasteiger partial charge < -0.3 is 19.9 Å². The average Bonchev–Trinajstić information content (AvgIpc) is 3.15. The summed E-state index contributed by atoms with van der Waals surface area (Å²) in [6, 6.07) is 7.04. The first-order chi connectivity index (χ1) is 13.3. The third-order valence-electron chi connectivity index (χ3n) is 5.06. The first kappa shape index (κ1) is 26.2. The van der Waals surface area contributed by atoms with Gasteiger partial charge in [-0.3, -0.25) is 9.69 Å². The summed E-state index contributed by atoms with van der Waals surface area (Å²) in [7, 11) is 1.63. The molecule has 2 aromatic rings. The highest BCUT2D eigenvalue weighted by Crippen LogP contribution is 2.21. The maximum Gasteiger partial charge on any atom is 0.241 e. The zero-order chi connectivity index (χ0) is 20.3. The summed E-state index contributed by atoms with van der Waals surface area (Å²) in [5.74, 6) is 1.93. The quantitative estimate of drug-likeness (QED) is 0.733. The predicted octanol–water partition coefficient (Wildman–Crippen LogP) is 2.61. The molecule has 0 saturated carbocycles. The van der Waals surface area contributed by atoms with Crippen LogP contribution in [0.1, 0.15) is 26.7 Å². The first-order valence-corrected chi connectivity index (χ1v) is 9.51. The normalized spacial score (nSPS) is 15.7. The lowest BCUT2D eigenvalue weighted by molar-refractivity contribution is -0.136. The third-order valence-corrected chi connectivity index (χ3v) is 5.06. The number of benzene rings is 1. The van der Waals surface area contributed by atoms with Crippen molar-refractivity contribution in [1.29, 1.82) is 0 Å². The summed E-state index contributed by atoms with van der Waals surface area (Å²) in [5, 5.41) is 4.07. The van der Waals surface area contributed by atoms with Crippen LogP contribution in [0.2, 0.25) is 0 Å². The molecular weight excluding hydrogens is 429 g/mol. The van der Waals surface area contributed by atoms with Crippen LogP contribution in [0.25, 0.3) is 11.4 Å². The second-order valence-electron chi connectivity index (χ2n) is 8.19. The van der Waals surface area contributed by atoms with Crippen LogP contribution in [-0.4, -0.2) is 65.2 Å². The molecule has 2 N–H and O–H groups in total. The summed E-state index contributed by atoms with van der Waals surface area (Å²) in [4.78, 5) is 21.1. The maximum absolute atomic E-state index is 12.5. The molecule has 1 aromatic heterocycles. The molecule has 168 valence electrons. The van der Waals surface area contributed by atoms with Crippen molar-refractivity contribution < 1.29 is 14.1 Å². The Kier molecular flexibility index (Phi) is 9.55. The Labute approximate surface area is 189 Å². The Morgan fingerprint density at radius 2 is 1.77 bits per heavy atom. The molecule has 1 aromatic carbocycles. The Morgan fingerprint density at radius 3 is 2.30 bits per heavy atom. The first-order valence-electron chi connectivity index (χ1n) is 9.51.